The Hall–Kier alpha value is -3.31. The van der Waals surface area contributed by atoms with Crippen molar-refractivity contribution < 1.29 is 9.53 Å². The Kier molecular flexibility index (Phi) is 7.30. The predicted octanol–water partition coefficient (Wildman–Crippen LogP) is 5.75. The van der Waals surface area contributed by atoms with Crippen LogP contribution in [0.1, 0.15) is 33.7 Å². The number of nitrogens with zero attached hydrogens (tertiary/aromatic N) is 2. The SMILES string of the molecule is Cc1cc(OCCn2c(CCCNC(=O)c3ccccc3C)nc3ccccc32)ccc1Cl. The van der Waals surface area contributed by atoms with Crippen molar-refractivity contribution in [3.63, 3.8) is 0 Å². The molecule has 1 amide bonds. The van der Waals surface area contributed by atoms with E-state index in [1.165, 1.54) is 0 Å². The molecular weight excluding hydrogens is 434 g/mol. The van der Waals surface area contributed by atoms with Gasteiger partial charge in [0.1, 0.15) is 18.2 Å². The standard InChI is InChI=1S/C27H28ClN3O2/c1-19-8-3-4-9-22(19)27(32)29-15-7-12-26-30-24-10-5-6-11-25(24)31(26)16-17-33-21-13-14-23(28)20(2)18-21/h3-6,8-11,13-14,18H,7,12,15-17H2,1-2H3,(H,29,32). The van der Waals surface area contributed by atoms with E-state index in [4.69, 9.17) is 21.3 Å². The van der Waals surface area contributed by atoms with Crippen LogP contribution in [0.3, 0.4) is 0 Å². The van der Waals surface area contributed by atoms with E-state index in [1.54, 1.807) is 0 Å². The molecule has 0 unspecified atom stereocenters. The highest BCUT2D eigenvalue weighted by Gasteiger charge is 2.12. The number of ether oxygens (including phenoxy) is 1. The molecule has 4 rings (SSSR count). The van der Waals surface area contributed by atoms with Crippen molar-refractivity contribution in [2.75, 3.05) is 13.2 Å². The van der Waals surface area contributed by atoms with Gasteiger partial charge in [-0.1, -0.05) is 41.9 Å². The second-order valence-electron chi connectivity index (χ2n) is 8.10. The number of hydrogen-bond donors (Lipinski definition) is 1. The number of halogens is 1. The Morgan fingerprint density at radius 1 is 1.03 bits per heavy atom. The molecule has 0 saturated carbocycles. The first-order chi connectivity index (χ1) is 16.0. The van der Waals surface area contributed by atoms with Crippen LogP contribution in [0.15, 0.2) is 66.7 Å². The molecule has 3 aromatic carbocycles. The van der Waals surface area contributed by atoms with Crippen molar-refractivity contribution in [3.05, 3.63) is 94.3 Å². The molecule has 33 heavy (non-hydrogen) atoms. The fourth-order valence-corrected chi connectivity index (χ4v) is 4.02. The zero-order valence-corrected chi connectivity index (χ0v) is 19.7. The van der Waals surface area contributed by atoms with Gasteiger partial charge in [0.15, 0.2) is 0 Å². The molecule has 0 bridgehead atoms. The summed E-state index contributed by atoms with van der Waals surface area (Å²) >= 11 is 6.11. The van der Waals surface area contributed by atoms with Gasteiger partial charge < -0.3 is 14.6 Å². The maximum absolute atomic E-state index is 12.4. The molecular formula is C27H28ClN3O2. The number of carbonyl (C=O) groups is 1. The molecule has 6 heteroatoms. The molecule has 1 heterocycles. The van der Waals surface area contributed by atoms with Gasteiger partial charge in [0.2, 0.25) is 0 Å². The summed E-state index contributed by atoms with van der Waals surface area (Å²) in [5.41, 5.74) is 4.76. The van der Waals surface area contributed by atoms with E-state index in [1.807, 2.05) is 74.5 Å². The van der Waals surface area contributed by atoms with Crippen LogP contribution in [0, 0.1) is 13.8 Å². The molecule has 4 aromatic rings. The summed E-state index contributed by atoms with van der Waals surface area (Å²) in [6.07, 6.45) is 1.57. The van der Waals surface area contributed by atoms with Gasteiger partial charge in [0, 0.05) is 23.6 Å². The van der Waals surface area contributed by atoms with E-state index >= 15 is 0 Å². The number of nitrogens with one attached hydrogen (secondary N) is 1. The maximum Gasteiger partial charge on any atom is 0.251 e. The molecule has 0 aliphatic rings. The van der Waals surface area contributed by atoms with Crippen molar-refractivity contribution in [1.82, 2.24) is 14.9 Å². The molecule has 1 N–H and O–H groups in total. The van der Waals surface area contributed by atoms with Gasteiger partial charge in [-0.05, 0) is 67.8 Å². The zero-order chi connectivity index (χ0) is 23.2. The van der Waals surface area contributed by atoms with E-state index in [-0.39, 0.29) is 5.91 Å². The number of benzene rings is 3. The summed E-state index contributed by atoms with van der Waals surface area (Å²) in [5, 5.41) is 3.76. The van der Waals surface area contributed by atoms with Crippen LogP contribution >= 0.6 is 11.6 Å². The largest absolute Gasteiger partial charge is 0.492 e. The van der Waals surface area contributed by atoms with Crippen LogP contribution in [-0.2, 0) is 13.0 Å². The van der Waals surface area contributed by atoms with Gasteiger partial charge in [0.05, 0.1) is 17.6 Å². The Morgan fingerprint density at radius 2 is 1.82 bits per heavy atom. The van der Waals surface area contributed by atoms with E-state index in [9.17, 15) is 4.79 Å². The van der Waals surface area contributed by atoms with Crippen molar-refractivity contribution in [3.8, 4) is 5.75 Å². The molecule has 170 valence electrons. The monoisotopic (exact) mass is 461 g/mol. The number of aromatic nitrogens is 2. The Morgan fingerprint density at radius 3 is 2.64 bits per heavy atom. The average Bonchev–Trinajstić information content (AvgIpc) is 3.16. The number of aryl methyl sites for hydroxylation is 3. The first-order valence-corrected chi connectivity index (χ1v) is 11.6. The van der Waals surface area contributed by atoms with Gasteiger partial charge in [-0.25, -0.2) is 4.98 Å². The minimum Gasteiger partial charge on any atom is -0.492 e. The van der Waals surface area contributed by atoms with Crippen LogP contribution in [-0.4, -0.2) is 28.6 Å². The van der Waals surface area contributed by atoms with Gasteiger partial charge in [-0.3, -0.25) is 4.79 Å². The summed E-state index contributed by atoms with van der Waals surface area (Å²) in [7, 11) is 0. The molecule has 1 aromatic heterocycles. The summed E-state index contributed by atoms with van der Waals surface area (Å²) < 4.78 is 8.18. The van der Waals surface area contributed by atoms with Crippen LogP contribution in [0.25, 0.3) is 11.0 Å². The number of rotatable bonds is 9. The molecule has 0 aliphatic heterocycles. The van der Waals surface area contributed by atoms with Crippen LogP contribution in [0.5, 0.6) is 5.75 Å². The van der Waals surface area contributed by atoms with Crippen molar-refractivity contribution in [2.45, 2.75) is 33.2 Å². The number of para-hydroxylation sites is 2. The fourth-order valence-electron chi connectivity index (χ4n) is 3.90. The van der Waals surface area contributed by atoms with Gasteiger partial charge >= 0.3 is 0 Å². The highest BCUT2D eigenvalue weighted by Crippen LogP contribution is 2.22. The van der Waals surface area contributed by atoms with E-state index in [2.05, 4.69) is 16.0 Å². The smallest absolute Gasteiger partial charge is 0.251 e. The Balaban J connectivity index is 1.38. The second-order valence-corrected chi connectivity index (χ2v) is 8.51. The number of fused-ring (bicyclic) bond motifs is 1. The summed E-state index contributed by atoms with van der Waals surface area (Å²) in [5.74, 6) is 1.77. The van der Waals surface area contributed by atoms with E-state index < -0.39 is 0 Å². The van der Waals surface area contributed by atoms with E-state index in [0.717, 1.165) is 57.2 Å². The normalized spacial score (nSPS) is 11.0. The number of imidazole rings is 1. The lowest BCUT2D eigenvalue weighted by atomic mass is 10.1. The fraction of sp³-hybridized carbons (Fsp3) is 0.259. The van der Waals surface area contributed by atoms with Crippen molar-refractivity contribution in [1.29, 1.82) is 0 Å². The molecule has 0 atom stereocenters. The van der Waals surface area contributed by atoms with Gasteiger partial charge in [-0.15, -0.1) is 0 Å². The average molecular weight is 462 g/mol. The van der Waals surface area contributed by atoms with E-state index in [0.29, 0.717) is 19.7 Å². The minimum absolute atomic E-state index is 0.0340. The zero-order valence-electron chi connectivity index (χ0n) is 19.0. The predicted molar refractivity (Wildman–Crippen MR) is 133 cm³/mol. The third kappa shape index (κ3) is 5.55. The Labute approximate surface area is 199 Å². The van der Waals surface area contributed by atoms with Crippen LogP contribution < -0.4 is 10.1 Å². The van der Waals surface area contributed by atoms with Crippen LogP contribution in [0.2, 0.25) is 5.02 Å². The van der Waals surface area contributed by atoms with Crippen molar-refractivity contribution in [2.24, 2.45) is 0 Å². The molecule has 0 saturated heterocycles. The first-order valence-electron chi connectivity index (χ1n) is 11.2. The summed E-state index contributed by atoms with van der Waals surface area (Å²) in [6, 6.07) is 21.5. The highest BCUT2D eigenvalue weighted by atomic mass is 35.5. The van der Waals surface area contributed by atoms with Crippen molar-refractivity contribution >= 4 is 28.5 Å². The molecule has 0 fully saturated rings. The second kappa shape index (κ2) is 10.5. The number of carbonyl (C=O) groups excluding carboxylic acids is 1. The molecule has 0 spiro atoms. The minimum atomic E-state index is -0.0340. The lowest BCUT2D eigenvalue weighted by Gasteiger charge is -2.12. The Bertz CT molecular complexity index is 1270. The summed E-state index contributed by atoms with van der Waals surface area (Å²) in [6.45, 7) is 5.72. The van der Waals surface area contributed by atoms with Crippen LogP contribution in [0.4, 0.5) is 0 Å². The quantitative estimate of drug-likeness (QED) is 0.323. The number of hydrogen-bond acceptors (Lipinski definition) is 3. The number of amides is 1. The molecule has 0 radical (unpaired) electrons. The first kappa shape index (κ1) is 22.9. The third-order valence-electron chi connectivity index (χ3n) is 5.70. The lowest BCUT2D eigenvalue weighted by molar-refractivity contribution is 0.0952. The topological polar surface area (TPSA) is 56.1 Å². The third-order valence-corrected chi connectivity index (χ3v) is 6.12. The summed E-state index contributed by atoms with van der Waals surface area (Å²) in [4.78, 5) is 17.3. The molecule has 0 aliphatic carbocycles. The maximum atomic E-state index is 12.4. The van der Waals surface area contributed by atoms with Gasteiger partial charge in [0.25, 0.3) is 5.91 Å². The van der Waals surface area contributed by atoms with Gasteiger partial charge in [-0.2, -0.15) is 0 Å². The lowest BCUT2D eigenvalue weighted by Crippen LogP contribution is -2.25. The molecule has 5 nitrogen and oxygen atoms in total. The highest BCUT2D eigenvalue weighted by molar-refractivity contribution is 6.31.